The van der Waals surface area contributed by atoms with Crippen molar-refractivity contribution in [2.24, 2.45) is 5.10 Å². The Kier molecular flexibility index (Phi) is 8.34. The molecule has 41 heavy (non-hydrogen) atoms. The number of hydrogen-bond acceptors (Lipinski definition) is 7. The molecule has 1 saturated carbocycles. The summed E-state index contributed by atoms with van der Waals surface area (Å²) >= 11 is 6.33. The highest BCUT2D eigenvalue weighted by molar-refractivity contribution is 6.32. The Morgan fingerprint density at radius 1 is 1.17 bits per heavy atom. The zero-order valence-electron chi connectivity index (χ0n) is 21.8. The molecule has 0 bridgehead atoms. The van der Waals surface area contributed by atoms with Crippen molar-refractivity contribution < 1.29 is 18.8 Å². The highest BCUT2D eigenvalue weighted by Crippen LogP contribution is 2.36. The molecule has 0 atom stereocenters. The number of carbonyl (C=O) groups excluding carboxylic acids is 1. The van der Waals surface area contributed by atoms with E-state index in [1.54, 1.807) is 24.3 Å². The number of anilines is 1. The summed E-state index contributed by atoms with van der Waals surface area (Å²) in [5.74, 6) is -1.09. The first-order valence-electron chi connectivity index (χ1n) is 13.0. The van der Waals surface area contributed by atoms with Crippen LogP contribution >= 0.6 is 11.6 Å². The van der Waals surface area contributed by atoms with Crippen LogP contribution in [0.4, 0.5) is 15.8 Å². The van der Waals surface area contributed by atoms with E-state index in [1.165, 1.54) is 41.2 Å². The number of benzene rings is 3. The molecule has 0 saturated heterocycles. The second-order valence-electron chi connectivity index (χ2n) is 9.61. The van der Waals surface area contributed by atoms with Gasteiger partial charge < -0.3 is 10.1 Å². The van der Waals surface area contributed by atoms with Crippen LogP contribution in [0.1, 0.15) is 49.4 Å². The molecule has 1 amide bonds. The summed E-state index contributed by atoms with van der Waals surface area (Å²) in [4.78, 5) is 41.6. The molecule has 0 radical (unpaired) electrons. The Hall–Kier alpha value is -4.64. The average Bonchev–Trinajstić information content (AvgIpc) is 2.97. The van der Waals surface area contributed by atoms with Crippen molar-refractivity contribution in [2.75, 3.05) is 11.9 Å². The first-order valence-corrected chi connectivity index (χ1v) is 13.4. The summed E-state index contributed by atoms with van der Waals surface area (Å²) in [6.07, 6.45) is 6.25. The number of nitro groups is 1. The zero-order chi connectivity index (χ0) is 28.9. The van der Waals surface area contributed by atoms with Gasteiger partial charge in [0.05, 0.1) is 32.8 Å². The molecule has 1 aliphatic rings. The molecule has 0 aliphatic heterocycles. The van der Waals surface area contributed by atoms with E-state index in [-0.39, 0.29) is 33.5 Å². The Morgan fingerprint density at radius 2 is 1.90 bits per heavy atom. The molecule has 1 aromatic heterocycles. The molecule has 5 rings (SSSR count). The van der Waals surface area contributed by atoms with Gasteiger partial charge in [0.25, 0.3) is 11.5 Å². The van der Waals surface area contributed by atoms with Gasteiger partial charge in [0.15, 0.2) is 6.61 Å². The van der Waals surface area contributed by atoms with E-state index >= 15 is 0 Å². The van der Waals surface area contributed by atoms with Crippen molar-refractivity contribution in [3.05, 3.63) is 103 Å². The van der Waals surface area contributed by atoms with Crippen LogP contribution in [-0.2, 0) is 4.79 Å². The third kappa shape index (κ3) is 6.25. The lowest BCUT2D eigenvalue weighted by molar-refractivity contribution is -0.385. The van der Waals surface area contributed by atoms with Crippen LogP contribution in [-0.4, -0.2) is 33.3 Å². The van der Waals surface area contributed by atoms with Crippen LogP contribution in [0, 0.1) is 15.9 Å². The smallest absolute Gasteiger partial charge is 0.313 e. The van der Waals surface area contributed by atoms with Gasteiger partial charge in [0, 0.05) is 17.5 Å². The Bertz CT molecular complexity index is 1720. The molecule has 0 spiro atoms. The molecule has 4 aromatic rings. The largest absolute Gasteiger partial charge is 0.476 e. The van der Waals surface area contributed by atoms with Gasteiger partial charge in [-0.3, -0.25) is 19.7 Å². The number of nitro benzene ring substituents is 1. The standard InChI is InChI=1S/C29H25ClFN5O5/c30-21-14-18(15-25(36(39)40)27(21)41-17-26(37)33-24-13-7-5-11-22(24)31)16-32-35-28(19-8-2-1-3-9-19)34-23-12-6-4-10-20(23)29(35)38/h4-7,10-16,19H,1-3,8-9,17H2,(H,33,37). The average molecular weight is 578 g/mol. The van der Waals surface area contributed by atoms with Crippen LogP contribution < -0.4 is 15.6 Å². The zero-order valence-corrected chi connectivity index (χ0v) is 22.5. The van der Waals surface area contributed by atoms with Gasteiger partial charge in [0.2, 0.25) is 5.75 Å². The minimum absolute atomic E-state index is 0.0562. The predicted octanol–water partition coefficient (Wildman–Crippen LogP) is 6.04. The number of amides is 1. The normalized spacial score (nSPS) is 13.9. The highest BCUT2D eigenvalue weighted by atomic mass is 35.5. The SMILES string of the molecule is O=C(COc1c(Cl)cc(C=Nn2c(C3CCCCC3)nc3ccccc3c2=O)cc1[N+](=O)[O-])Nc1ccccc1F. The van der Waals surface area contributed by atoms with Gasteiger partial charge in [0.1, 0.15) is 11.6 Å². The summed E-state index contributed by atoms with van der Waals surface area (Å²) < 4.78 is 20.4. The second kappa shape index (κ2) is 12.3. The molecule has 1 aliphatic carbocycles. The molecule has 1 N–H and O–H groups in total. The molecule has 12 heteroatoms. The van der Waals surface area contributed by atoms with Gasteiger partial charge in [-0.1, -0.05) is 55.1 Å². The summed E-state index contributed by atoms with van der Waals surface area (Å²) in [6.45, 7) is -0.648. The fourth-order valence-electron chi connectivity index (χ4n) is 4.84. The van der Waals surface area contributed by atoms with E-state index in [2.05, 4.69) is 10.4 Å². The van der Waals surface area contributed by atoms with E-state index in [0.29, 0.717) is 16.7 Å². The molecular formula is C29H25ClFN5O5. The number of para-hydroxylation sites is 2. The number of fused-ring (bicyclic) bond motifs is 1. The topological polar surface area (TPSA) is 129 Å². The van der Waals surface area contributed by atoms with Crippen molar-refractivity contribution >= 4 is 46.0 Å². The quantitative estimate of drug-likeness (QED) is 0.154. The lowest BCUT2D eigenvalue weighted by Gasteiger charge is -2.22. The first kappa shape index (κ1) is 27.9. The van der Waals surface area contributed by atoms with Gasteiger partial charge in [-0.15, -0.1) is 0 Å². The Labute approximate surface area is 238 Å². The van der Waals surface area contributed by atoms with Crippen molar-refractivity contribution in [2.45, 2.75) is 38.0 Å². The van der Waals surface area contributed by atoms with Gasteiger partial charge in [-0.2, -0.15) is 9.78 Å². The fourth-order valence-corrected chi connectivity index (χ4v) is 5.12. The van der Waals surface area contributed by atoms with E-state index < -0.39 is 28.9 Å². The Morgan fingerprint density at radius 3 is 2.66 bits per heavy atom. The van der Waals surface area contributed by atoms with Crippen LogP contribution in [0.15, 0.2) is 70.6 Å². The van der Waals surface area contributed by atoms with E-state index in [9.17, 15) is 24.1 Å². The van der Waals surface area contributed by atoms with Crippen molar-refractivity contribution in [3.63, 3.8) is 0 Å². The summed E-state index contributed by atoms with van der Waals surface area (Å²) in [7, 11) is 0. The van der Waals surface area contributed by atoms with E-state index in [0.717, 1.165) is 32.1 Å². The Balaban J connectivity index is 1.43. The molecule has 210 valence electrons. The molecular weight excluding hydrogens is 553 g/mol. The predicted molar refractivity (Wildman–Crippen MR) is 153 cm³/mol. The maximum absolute atomic E-state index is 13.8. The minimum Gasteiger partial charge on any atom is -0.476 e. The third-order valence-corrected chi connectivity index (χ3v) is 7.09. The number of aromatic nitrogens is 2. The molecule has 1 heterocycles. The number of halogens is 2. The van der Waals surface area contributed by atoms with Crippen LogP contribution in [0.25, 0.3) is 10.9 Å². The second-order valence-corrected chi connectivity index (χ2v) is 10.0. The van der Waals surface area contributed by atoms with Crippen LogP contribution in [0.3, 0.4) is 0 Å². The fraction of sp³-hybridized carbons (Fsp3) is 0.241. The summed E-state index contributed by atoms with van der Waals surface area (Å²) in [6, 6.07) is 15.2. The molecule has 3 aromatic carbocycles. The number of carbonyl (C=O) groups is 1. The van der Waals surface area contributed by atoms with Gasteiger partial charge in [-0.05, 0) is 43.2 Å². The number of nitrogens with zero attached hydrogens (tertiary/aromatic N) is 4. The first-order chi connectivity index (χ1) is 19.8. The highest BCUT2D eigenvalue weighted by Gasteiger charge is 2.24. The van der Waals surface area contributed by atoms with Crippen LogP contribution in [0.5, 0.6) is 5.75 Å². The number of nitrogens with one attached hydrogen (secondary N) is 1. The summed E-state index contributed by atoms with van der Waals surface area (Å²) in [5.41, 5.74) is -0.0782. The lowest BCUT2D eigenvalue weighted by Crippen LogP contribution is -2.25. The number of hydrogen-bond donors (Lipinski definition) is 1. The van der Waals surface area contributed by atoms with Gasteiger partial charge >= 0.3 is 5.69 Å². The van der Waals surface area contributed by atoms with Crippen LogP contribution in [0.2, 0.25) is 5.02 Å². The lowest BCUT2D eigenvalue weighted by atomic mass is 9.88. The number of rotatable bonds is 8. The van der Waals surface area contributed by atoms with Crippen molar-refractivity contribution in [1.82, 2.24) is 9.66 Å². The van der Waals surface area contributed by atoms with Crippen molar-refractivity contribution in [1.29, 1.82) is 0 Å². The maximum Gasteiger partial charge on any atom is 0.313 e. The van der Waals surface area contributed by atoms with Gasteiger partial charge in [-0.25, -0.2) is 9.37 Å². The summed E-state index contributed by atoms with van der Waals surface area (Å²) in [5, 5.41) is 18.8. The van der Waals surface area contributed by atoms with E-state index in [4.69, 9.17) is 21.3 Å². The third-order valence-electron chi connectivity index (χ3n) is 6.81. The molecule has 10 nitrogen and oxygen atoms in total. The molecule has 1 fully saturated rings. The maximum atomic E-state index is 13.8. The van der Waals surface area contributed by atoms with E-state index in [1.807, 2.05) is 6.07 Å². The monoisotopic (exact) mass is 577 g/mol. The molecule has 0 unspecified atom stereocenters. The number of ether oxygens (including phenoxy) is 1. The minimum atomic E-state index is -0.732. The van der Waals surface area contributed by atoms with Crippen molar-refractivity contribution in [3.8, 4) is 5.75 Å².